The maximum atomic E-state index is 12.5. The lowest BCUT2D eigenvalue weighted by Gasteiger charge is -2.50. The molecule has 0 N–H and O–H groups in total. The summed E-state index contributed by atoms with van der Waals surface area (Å²) in [5.74, 6) is 0.637. The van der Waals surface area contributed by atoms with Crippen LogP contribution in [0.4, 0.5) is 0 Å². The average molecular weight is 949 g/mol. The van der Waals surface area contributed by atoms with Crippen molar-refractivity contribution in [1.82, 2.24) is 0 Å². The topological polar surface area (TPSA) is 161 Å². The first-order valence-electron chi connectivity index (χ1n) is 21.0. The van der Waals surface area contributed by atoms with Crippen molar-refractivity contribution < 1.29 is 64.4 Å². The van der Waals surface area contributed by atoms with Gasteiger partial charge in [-0.3, -0.25) is 19.2 Å². The lowest BCUT2D eigenvalue weighted by Crippen LogP contribution is -2.61. The summed E-state index contributed by atoms with van der Waals surface area (Å²) in [4.78, 5) is 48.3. The predicted molar refractivity (Wildman–Crippen MR) is 244 cm³/mol. The zero-order valence-electron chi connectivity index (χ0n) is 37.6. The number of ether oxygens (including phenoxy) is 3. The van der Waals surface area contributed by atoms with E-state index in [1.54, 1.807) is 6.92 Å². The number of thiol groups is 2. The lowest BCUT2D eigenvalue weighted by molar-refractivity contribution is -0.166. The number of carbonyl (C=O) groups is 4. The fraction of sp³-hybridized carbons (Fsp3) is 0.897. The Kier molecular flexibility index (Phi) is 27.1. The van der Waals surface area contributed by atoms with Crippen molar-refractivity contribution in [3.63, 3.8) is 0 Å². The van der Waals surface area contributed by atoms with Crippen LogP contribution < -0.4 is 0 Å². The van der Waals surface area contributed by atoms with Gasteiger partial charge in [0.15, 0.2) is 5.12 Å². The Morgan fingerprint density at radius 2 is 1.22 bits per heavy atom. The monoisotopic (exact) mass is 948 g/mol. The highest BCUT2D eigenvalue weighted by molar-refractivity contribution is 8.13. The van der Waals surface area contributed by atoms with E-state index in [2.05, 4.69) is 25.3 Å². The fourth-order valence-corrected chi connectivity index (χ4v) is 13.4. The van der Waals surface area contributed by atoms with Crippen molar-refractivity contribution in [2.75, 3.05) is 70.1 Å². The first kappa shape index (κ1) is 56.5. The van der Waals surface area contributed by atoms with Crippen molar-refractivity contribution in [3.8, 4) is 0 Å². The molecule has 0 aromatic carbocycles. The van der Waals surface area contributed by atoms with E-state index in [0.717, 1.165) is 6.42 Å². The predicted octanol–water partition coefficient (Wildman–Crippen LogP) is 5.56. The molecule has 4 atom stereocenters. The van der Waals surface area contributed by atoms with Gasteiger partial charge in [0.25, 0.3) is 0 Å². The molecule has 1 heterocycles. The molecule has 4 unspecified atom stereocenters. The quantitative estimate of drug-likeness (QED) is 0.0277. The van der Waals surface area contributed by atoms with Crippen molar-refractivity contribution in [1.29, 1.82) is 0 Å². The van der Waals surface area contributed by atoms with E-state index in [1.807, 2.05) is 41.5 Å². The standard InChI is InChI=1S/C39H76O14S3Si3/c1-11-37(24-44-31(5)40)25-49-59(50-26-37,23-17-21-55)51-30-39(13-3,28-46-33(7)42)36(10,19-16-22-56-34(8)43)53-58-48-29-38(12-2,27-45-32(6)41)35(9,18-15-20-54)52-57-47-14-4/h54-55H,11-30,57-58H2,1-10H3. The Labute approximate surface area is 375 Å². The Morgan fingerprint density at radius 3 is 1.68 bits per heavy atom. The third-order valence-electron chi connectivity index (χ3n) is 11.9. The molecule has 1 rings (SSSR count). The summed E-state index contributed by atoms with van der Waals surface area (Å²) in [6.45, 7) is 19.4. The summed E-state index contributed by atoms with van der Waals surface area (Å²) >= 11 is 10.2. The van der Waals surface area contributed by atoms with Gasteiger partial charge in [-0.15, -0.1) is 0 Å². The average Bonchev–Trinajstić information content (AvgIpc) is 3.20. The van der Waals surface area contributed by atoms with Crippen molar-refractivity contribution in [3.05, 3.63) is 0 Å². The second-order valence-electron chi connectivity index (χ2n) is 15.9. The molecule has 0 radical (unpaired) electrons. The van der Waals surface area contributed by atoms with Gasteiger partial charge >= 0.3 is 46.7 Å². The molecule has 0 aromatic rings. The molecule has 0 amide bonds. The van der Waals surface area contributed by atoms with Crippen LogP contribution in [0.2, 0.25) is 6.04 Å². The van der Waals surface area contributed by atoms with E-state index in [9.17, 15) is 19.2 Å². The SMILES string of the molecule is CCO[SiH2]OC(C)(CCCS)C(CC)(CO[SiH2]OC(C)(CCCSC(C)=O)C(CC)(COC(C)=O)CO[Si]1(CCCS)OCC(CC)(COC(C)=O)CO1)COC(C)=O. The van der Waals surface area contributed by atoms with Crippen LogP contribution in [0.1, 0.15) is 121 Å². The first-order valence-corrected chi connectivity index (χ1v) is 27.5. The Balaban J connectivity index is 3.63. The molecule has 1 saturated heterocycles. The van der Waals surface area contributed by atoms with E-state index in [0.29, 0.717) is 88.1 Å². The van der Waals surface area contributed by atoms with Crippen LogP contribution in [0.25, 0.3) is 0 Å². The molecule has 1 fully saturated rings. The molecule has 0 aliphatic carbocycles. The van der Waals surface area contributed by atoms with Crippen LogP contribution in [-0.4, -0.2) is 133 Å². The molecular weight excluding hydrogens is 873 g/mol. The first-order chi connectivity index (χ1) is 27.9. The minimum absolute atomic E-state index is 0.00493. The maximum Gasteiger partial charge on any atom is 0.501 e. The number of rotatable bonds is 33. The highest BCUT2D eigenvalue weighted by Crippen LogP contribution is 2.46. The van der Waals surface area contributed by atoms with Gasteiger partial charge in [0.1, 0.15) is 19.8 Å². The Morgan fingerprint density at radius 1 is 0.712 bits per heavy atom. The van der Waals surface area contributed by atoms with Crippen LogP contribution in [0.5, 0.6) is 0 Å². The fourth-order valence-electron chi connectivity index (χ4n) is 7.11. The molecule has 1 aliphatic heterocycles. The van der Waals surface area contributed by atoms with E-state index < -0.39 is 68.2 Å². The number of hydrogen-bond acceptors (Lipinski definition) is 17. The van der Waals surface area contributed by atoms with Crippen molar-refractivity contribution >= 4 is 88.9 Å². The summed E-state index contributed by atoms with van der Waals surface area (Å²) in [6, 6.07) is 0.517. The van der Waals surface area contributed by atoms with E-state index in [-0.39, 0.29) is 44.1 Å². The third-order valence-corrected chi connectivity index (χ3v) is 18.6. The van der Waals surface area contributed by atoms with Crippen molar-refractivity contribution in [2.45, 2.75) is 138 Å². The van der Waals surface area contributed by atoms with Crippen LogP contribution in [0.15, 0.2) is 0 Å². The van der Waals surface area contributed by atoms with Crippen molar-refractivity contribution in [2.24, 2.45) is 16.2 Å². The molecule has 59 heavy (non-hydrogen) atoms. The summed E-state index contributed by atoms with van der Waals surface area (Å²) in [6.07, 6.45) is 5.02. The summed E-state index contributed by atoms with van der Waals surface area (Å²) in [5, 5.41) is 0.0233. The zero-order chi connectivity index (χ0) is 44.6. The Bertz CT molecular complexity index is 1270. The minimum atomic E-state index is -3.33. The van der Waals surface area contributed by atoms with E-state index in [4.69, 9.17) is 45.2 Å². The molecule has 20 heteroatoms. The minimum Gasteiger partial charge on any atom is -0.465 e. The summed E-state index contributed by atoms with van der Waals surface area (Å²) < 4.78 is 63.0. The van der Waals surface area contributed by atoms with Gasteiger partial charge in [0.2, 0.25) is 0 Å². The highest BCUT2D eigenvalue weighted by atomic mass is 32.2. The van der Waals surface area contributed by atoms with Gasteiger partial charge in [0, 0.05) is 77.9 Å². The number of thioether (sulfide) groups is 1. The van der Waals surface area contributed by atoms with Gasteiger partial charge < -0.3 is 45.2 Å². The maximum absolute atomic E-state index is 12.5. The molecule has 0 aromatic heterocycles. The second kappa shape index (κ2) is 28.3. The molecule has 0 saturated carbocycles. The summed E-state index contributed by atoms with van der Waals surface area (Å²) in [7, 11) is -6.48. The van der Waals surface area contributed by atoms with Gasteiger partial charge in [0.05, 0.1) is 22.0 Å². The highest BCUT2D eigenvalue weighted by Gasteiger charge is 2.55. The van der Waals surface area contributed by atoms with Gasteiger partial charge in [-0.25, -0.2) is 0 Å². The molecule has 346 valence electrons. The van der Waals surface area contributed by atoms with Gasteiger partial charge in [-0.2, -0.15) is 25.3 Å². The molecule has 0 bridgehead atoms. The van der Waals surface area contributed by atoms with Crippen LogP contribution in [-0.2, 0) is 64.4 Å². The zero-order valence-corrected chi connectivity index (χ0v) is 44.0. The number of esters is 3. The molecular formula is C39H76O14S3Si3. The van der Waals surface area contributed by atoms with Gasteiger partial charge in [-0.05, 0) is 83.6 Å². The second-order valence-corrected chi connectivity index (χ2v) is 22.7. The van der Waals surface area contributed by atoms with Crippen LogP contribution >= 0.6 is 37.0 Å². The lowest BCUT2D eigenvalue weighted by atomic mass is 9.69. The molecule has 1 aliphatic rings. The number of hydrogen-bond donors (Lipinski definition) is 2. The largest absolute Gasteiger partial charge is 0.501 e. The van der Waals surface area contributed by atoms with E-state index in [1.165, 1.54) is 32.5 Å². The van der Waals surface area contributed by atoms with Gasteiger partial charge in [-0.1, -0.05) is 32.5 Å². The Hall–Kier alpha value is -0.499. The number of carbonyl (C=O) groups excluding carboxylic acids is 4. The van der Waals surface area contributed by atoms with Crippen LogP contribution in [0, 0.1) is 16.2 Å². The third kappa shape index (κ3) is 18.3. The van der Waals surface area contributed by atoms with E-state index >= 15 is 0 Å². The van der Waals surface area contributed by atoms with Crippen LogP contribution in [0.3, 0.4) is 0 Å². The molecule has 0 spiro atoms. The molecule has 14 nitrogen and oxygen atoms in total. The smallest absolute Gasteiger partial charge is 0.465 e. The summed E-state index contributed by atoms with van der Waals surface area (Å²) in [5.41, 5.74) is -3.83. The normalized spacial score (nSPS) is 22.7.